The molecule has 1 aromatic carbocycles. The van der Waals surface area contributed by atoms with Crippen LogP contribution in [-0.4, -0.2) is 34.4 Å². The molecule has 4 rings (SSSR count). The summed E-state index contributed by atoms with van der Waals surface area (Å²) in [6.07, 6.45) is 6.17. The molecule has 2 aliphatic rings. The van der Waals surface area contributed by atoms with Crippen LogP contribution >= 0.6 is 0 Å². The van der Waals surface area contributed by atoms with E-state index in [4.69, 9.17) is 0 Å². The maximum absolute atomic E-state index is 13.3. The Morgan fingerprint density at radius 3 is 2.76 bits per heavy atom. The third-order valence-electron chi connectivity index (χ3n) is 5.52. The molecule has 2 aromatic rings. The van der Waals surface area contributed by atoms with Gasteiger partial charge in [-0.15, -0.1) is 0 Å². The van der Waals surface area contributed by atoms with Crippen molar-refractivity contribution in [2.45, 2.75) is 51.6 Å². The first kappa shape index (κ1) is 16.1. The van der Waals surface area contributed by atoms with E-state index in [0.717, 1.165) is 37.2 Å². The highest BCUT2D eigenvalue weighted by Gasteiger charge is 2.33. The molecule has 130 valence electrons. The number of carbonyl (C=O) groups excluding carboxylic acids is 1. The van der Waals surface area contributed by atoms with Crippen molar-refractivity contribution in [3.8, 4) is 0 Å². The Bertz CT molecular complexity index is 788. The number of carbonyl (C=O) groups is 1. The number of aromatic nitrogens is 1. The molecular formula is C21H25N3O. The van der Waals surface area contributed by atoms with E-state index in [1.807, 2.05) is 17.0 Å². The third-order valence-corrected chi connectivity index (χ3v) is 5.52. The normalized spacial score (nSPS) is 22.8. The first-order valence-electron chi connectivity index (χ1n) is 9.30. The van der Waals surface area contributed by atoms with Crippen LogP contribution in [0.25, 0.3) is 0 Å². The molecule has 1 saturated heterocycles. The summed E-state index contributed by atoms with van der Waals surface area (Å²) in [5, 5.41) is 0. The van der Waals surface area contributed by atoms with E-state index < -0.39 is 0 Å². The molecule has 0 N–H and O–H groups in total. The second-order valence-corrected chi connectivity index (χ2v) is 7.27. The molecule has 2 atom stereocenters. The van der Waals surface area contributed by atoms with Gasteiger partial charge in [0, 0.05) is 30.5 Å². The Kier molecular flexibility index (Phi) is 4.20. The predicted molar refractivity (Wildman–Crippen MR) is 100 cm³/mol. The number of amides is 1. The van der Waals surface area contributed by atoms with E-state index in [-0.39, 0.29) is 5.91 Å². The number of anilines is 2. The minimum Gasteiger partial charge on any atom is -0.336 e. The van der Waals surface area contributed by atoms with Gasteiger partial charge < -0.3 is 9.80 Å². The number of hydrogen-bond acceptors (Lipinski definition) is 3. The van der Waals surface area contributed by atoms with Crippen LogP contribution in [0.4, 0.5) is 11.5 Å². The van der Waals surface area contributed by atoms with Gasteiger partial charge in [0.2, 0.25) is 0 Å². The predicted octanol–water partition coefficient (Wildman–Crippen LogP) is 4.18. The lowest BCUT2D eigenvalue weighted by Gasteiger charge is -2.34. The van der Waals surface area contributed by atoms with Crippen molar-refractivity contribution in [2.24, 2.45) is 0 Å². The molecule has 0 spiro atoms. The fourth-order valence-corrected chi connectivity index (χ4v) is 4.20. The Balaban J connectivity index is 1.74. The van der Waals surface area contributed by atoms with E-state index in [2.05, 4.69) is 48.0 Å². The van der Waals surface area contributed by atoms with Gasteiger partial charge >= 0.3 is 0 Å². The van der Waals surface area contributed by atoms with Gasteiger partial charge in [-0.05, 0) is 63.3 Å². The number of nitrogens with zero attached hydrogens (tertiary/aromatic N) is 3. The van der Waals surface area contributed by atoms with Crippen LogP contribution in [0.5, 0.6) is 0 Å². The highest BCUT2D eigenvalue weighted by molar-refractivity contribution is 6.00. The average molecular weight is 335 g/mol. The second-order valence-electron chi connectivity index (χ2n) is 7.27. The summed E-state index contributed by atoms with van der Waals surface area (Å²) < 4.78 is 0. The molecule has 0 bridgehead atoms. The summed E-state index contributed by atoms with van der Waals surface area (Å²) in [6, 6.07) is 12.8. The first-order valence-corrected chi connectivity index (χ1v) is 9.30. The van der Waals surface area contributed by atoms with Gasteiger partial charge in [-0.25, -0.2) is 4.98 Å². The van der Waals surface area contributed by atoms with Crippen LogP contribution in [0, 0.1) is 0 Å². The average Bonchev–Trinajstić information content (AvgIpc) is 2.97. The smallest absolute Gasteiger partial charge is 0.257 e. The highest BCUT2D eigenvalue weighted by atomic mass is 16.2. The number of pyridine rings is 1. The minimum absolute atomic E-state index is 0.117. The van der Waals surface area contributed by atoms with E-state index in [1.165, 1.54) is 17.7 Å². The summed E-state index contributed by atoms with van der Waals surface area (Å²) in [4.78, 5) is 22.2. The largest absolute Gasteiger partial charge is 0.336 e. The zero-order valence-electron chi connectivity index (χ0n) is 15.0. The number of rotatable bonds is 2. The van der Waals surface area contributed by atoms with Crippen molar-refractivity contribution in [3.05, 3.63) is 53.7 Å². The van der Waals surface area contributed by atoms with E-state index in [9.17, 15) is 4.79 Å². The second kappa shape index (κ2) is 6.51. The van der Waals surface area contributed by atoms with Crippen LogP contribution in [-0.2, 0) is 6.42 Å². The summed E-state index contributed by atoms with van der Waals surface area (Å²) in [7, 11) is 0. The van der Waals surface area contributed by atoms with Crippen LogP contribution in [0.2, 0.25) is 0 Å². The molecule has 1 amide bonds. The highest BCUT2D eigenvalue weighted by Crippen LogP contribution is 2.39. The van der Waals surface area contributed by atoms with Crippen LogP contribution in [0.1, 0.15) is 49.0 Å². The van der Waals surface area contributed by atoms with Gasteiger partial charge in [-0.1, -0.05) is 18.2 Å². The summed E-state index contributed by atoms with van der Waals surface area (Å²) in [5.41, 5.74) is 3.22. The lowest BCUT2D eigenvalue weighted by atomic mass is 10.0. The fraction of sp³-hybridized carbons (Fsp3) is 0.429. The molecule has 1 aromatic heterocycles. The van der Waals surface area contributed by atoms with E-state index in [1.54, 1.807) is 6.20 Å². The molecule has 1 fully saturated rings. The van der Waals surface area contributed by atoms with Gasteiger partial charge in [0.15, 0.2) is 0 Å². The molecule has 4 heteroatoms. The number of fused-ring (bicyclic) bond motifs is 1. The number of hydrogen-bond donors (Lipinski definition) is 0. The topological polar surface area (TPSA) is 36.4 Å². The lowest BCUT2D eigenvalue weighted by molar-refractivity contribution is 0.0636. The number of piperidine rings is 1. The van der Waals surface area contributed by atoms with Gasteiger partial charge in [0.05, 0.1) is 5.56 Å². The molecule has 0 aliphatic carbocycles. The number of benzene rings is 1. The monoisotopic (exact) mass is 335 g/mol. The van der Waals surface area contributed by atoms with Gasteiger partial charge in [0.1, 0.15) is 5.82 Å². The fourth-order valence-electron chi connectivity index (χ4n) is 4.20. The van der Waals surface area contributed by atoms with Gasteiger partial charge in [-0.3, -0.25) is 4.79 Å². The Morgan fingerprint density at radius 1 is 1.08 bits per heavy atom. The SMILES string of the molecule is CC1CCCCN1C(=O)c1cccnc1N1c2ccccc2CC1C. The molecule has 0 saturated carbocycles. The molecule has 25 heavy (non-hydrogen) atoms. The van der Waals surface area contributed by atoms with Gasteiger partial charge in [0.25, 0.3) is 5.91 Å². The molecule has 2 aliphatic heterocycles. The van der Waals surface area contributed by atoms with Gasteiger partial charge in [-0.2, -0.15) is 0 Å². The number of likely N-dealkylation sites (tertiary alicyclic amines) is 1. The van der Waals surface area contributed by atoms with E-state index >= 15 is 0 Å². The Morgan fingerprint density at radius 2 is 1.92 bits per heavy atom. The van der Waals surface area contributed by atoms with Crippen LogP contribution in [0.15, 0.2) is 42.6 Å². The maximum Gasteiger partial charge on any atom is 0.257 e. The van der Waals surface area contributed by atoms with Crippen LogP contribution in [0.3, 0.4) is 0 Å². The molecule has 3 heterocycles. The zero-order chi connectivity index (χ0) is 17.4. The Labute approximate surface area is 149 Å². The maximum atomic E-state index is 13.3. The Hall–Kier alpha value is -2.36. The van der Waals surface area contributed by atoms with Crippen molar-refractivity contribution in [1.82, 2.24) is 9.88 Å². The summed E-state index contributed by atoms with van der Waals surface area (Å²) >= 11 is 0. The zero-order valence-corrected chi connectivity index (χ0v) is 15.0. The van der Waals surface area contributed by atoms with Crippen molar-refractivity contribution in [3.63, 3.8) is 0 Å². The van der Waals surface area contributed by atoms with Crippen molar-refractivity contribution >= 4 is 17.4 Å². The molecule has 2 unspecified atom stereocenters. The molecular weight excluding hydrogens is 310 g/mol. The summed E-state index contributed by atoms with van der Waals surface area (Å²) in [6.45, 7) is 5.20. The van der Waals surface area contributed by atoms with Crippen molar-refractivity contribution in [2.75, 3.05) is 11.4 Å². The minimum atomic E-state index is 0.117. The van der Waals surface area contributed by atoms with Crippen molar-refractivity contribution in [1.29, 1.82) is 0 Å². The summed E-state index contributed by atoms with van der Waals surface area (Å²) in [5.74, 6) is 0.912. The lowest BCUT2D eigenvalue weighted by Crippen LogP contribution is -2.42. The molecule has 4 nitrogen and oxygen atoms in total. The number of para-hydroxylation sites is 1. The first-order chi connectivity index (χ1) is 12.2. The van der Waals surface area contributed by atoms with E-state index in [0.29, 0.717) is 12.1 Å². The van der Waals surface area contributed by atoms with Crippen LogP contribution < -0.4 is 4.90 Å². The third kappa shape index (κ3) is 2.80. The quantitative estimate of drug-likeness (QED) is 0.826. The van der Waals surface area contributed by atoms with Crippen molar-refractivity contribution < 1.29 is 4.79 Å². The molecule has 0 radical (unpaired) electrons. The standard InChI is InChI=1S/C21H25N3O/c1-15-8-5-6-13-23(15)21(25)18-10-7-12-22-20(18)24-16(2)14-17-9-3-4-11-19(17)24/h3-4,7,9-12,15-16H,5-6,8,13-14H2,1-2H3.